The summed E-state index contributed by atoms with van der Waals surface area (Å²) in [5, 5.41) is 8.96. The van der Waals surface area contributed by atoms with Crippen LogP contribution in [0.2, 0.25) is 0 Å². The van der Waals surface area contributed by atoms with Gasteiger partial charge in [0, 0.05) is 19.0 Å². The smallest absolute Gasteiger partial charge is 0.303 e. The number of aliphatic carboxylic acids is 1. The molecule has 1 aliphatic heterocycles. The molecule has 3 rings (SSSR count). The van der Waals surface area contributed by atoms with Crippen LogP contribution in [0, 0.1) is 23.7 Å². The van der Waals surface area contributed by atoms with Crippen LogP contribution >= 0.6 is 0 Å². The van der Waals surface area contributed by atoms with Gasteiger partial charge in [0.2, 0.25) is 0 Å². The van der Waals surface area contributed by atoms with Gasteiger partial charge in [0.25, 0.3) is 0 Å². The quantitative estimate of drug-likeness (QED) is 0.849. The van der Waals surface area contributed by atoms with Gasteiger partial charge in [0.05, 0.1) is 0 Å². The number of fused-ring (bicyclic) bond motifs is 1. The van der Waals surface area contributed by atoms with E-state index in [1.54, 1.807) is 0 Å². The monoisotopic (exact) mass is 265 g/mol. The van der Waals surface area contributed by atoms with Gasteiger partial charge in [-0.15, -0.1) is 0 Å². The fourth-order valence-electron chi connectivity index (χ4n) is 4.58. The number of carbonyl (C=O) groups is 1. The van der Waals surface area contributed by atoms with Gasteiger partial charge in [0.1, 0.15) is 0 Å². The summed E-state index contributed by atoms with van der Waals surface area (Å²) in [6.07, 6.45) is 8.58. The Hall–Kier alpha value is -0.570. The van der Waals surface area contributed by atoms with Crippen LogP contribution in [0.1, 0.15) is 51.9 Å². The molecule has 2 saturated carbocycles. The number of rotatable bonds is 4. The lowest BCUT2D eigenvalue weighted by Gasteiger charge is -2.41. The molecular weight excluding hydrogens is 238 g/mol. The Kier molecular flexibility index (Phi) is 3.84. The summed E-state index contributed by atoms with van der Waals surface area (Å²) in [5.74, 6) is 2.32. The molecule has 2 aliphatic carbocycles. The van der Waals surface area contributed by atoms with Crippen LogP contribution in [-0.2, 0) is 4.79 Å². The minimum absolute atomic E-state index is 0.332. The molecule has 108 valence electrons. The average Bonchev–Trinajstić information content (AvgIpc) is 3.17. The van der Waals surface area contributed by atoms with Crippen molar-refractivity contribution in [2.24, 2.45) is 23.7 Å². The van der Waals surface area contributed by atoms with Crippen LogP contribution in [0.15, 0.2) is 0 Å². The van der Waals surface area contributed by atoms with Crippen LogP contribution in [-0.4, -0.2) is 35.1 Å². The zero-order valence-corrected chi connectivity index (χ0v) is 12.1. The molecule has 0 radical (unpaired) electrons. The van der Waals surface area contributed by atoms with Gasteiger partial charge >= 0.3 is 5.97 Å². The van der Waals surface area contributed by atoms with E-state index in [-0.39, 0.29) is 0 Å². The first-order chi connectivity index (χ1) is 9.15. The zero-order valence-electron chi connectivity index (χ0n) is 12.1. The molecule has 1 N–H and O–H groups in total. The SMILES string of the molecule is CC(CC(=O)O)C1CCCN(C2CCCC3CC32)C1. The Labute approximate surface area is 116 Å². The van der Waals surface area contributed by atoms with E-state index < -0.39 is 5.97 Å². The normalized spacial score (nSPS) is 40.5. The van der Waals surface area contributed by atoms with Crippen LogP contribution in [0.4, 0.5) is 0 Å². The maximum Gasteiger partial charge on any atom is 0.303 e. The third kappa shape index (κ3) is 2.96. The van der Waals surface area contributed by atoms with Gasteiger partial charge in [-0.2, -0.15) is 0 Å². The molecule has 3 nitrogen and oxygen atoms in total. The van der Waals surface area contributed by atoms with E-state index in [0.717, 1.165) is 24.4 Å². The number of hydrogen-bond donors (Lipinski definition) is 1. The lowest BCUT2D eigenvalue weighted by atomic mass is 9.83. The average molecular weight is 265 g/mol. The molecule has 3 fully saturated rings. The Morgan fingerprint density at radius 1 is 1.32 bits per heavy atom. The highest BCUT2D eigenvalue weighted by Gasteiger charge is 2.47. The largest absolute Gasteiger partial charge is 0.481 e. The molecular formula is C16H27NO2. The van der Waals surface area contributed by atoms with E-state index in [2.05, 4.69) is 11.8 Å². The Balaban J connectivity index is 1.57. The summed E-state index contributed by atoms with van der Waals surface area (Å²) in [5.41, 5.74) is 0. The standard InChI is InChI=1S/C16H27NO2/c1-11(8-16(18)19)13-5-3-7-17(10-13)15-6-2-4-12-9-14(12)15/h11-15H,2-10H2,1H3,(H,18,19). The maximum atomic E-state index is 10.9. The highest BCUT2D eigenvalue weighted by molar-refractivity contribution is 5.67. The molecule has 5 atom stereocenters. The molecule has 5 unspecified atom stereocenters. The number of hydrogen-bond acceptors (Lipinski definition) is 2. The van der Waals surface area contributed by atoms with Crippen molar-refractivity contribution < 1.29 is 9.90 Å². The fraction of sp³-hybridized carbons (Fsp3) is 0.938. The van der Waals surface area contributed by atoms with Gasteiger partial charge in [-0.25, -0.2) is 0 Å². The summed E-state index contributed by atoms with van der Waals surface area (Å²) >= 11 is 0. The van der Waals surface area contributed by atoms with Gasteiger partial charge in [-0.1, -0.05) is 19.8 Å². The highest BCUT2D eigenvalue weighted by atomic mass is 16.4. The van der Waals surface area contributed by atoms with Gasteiger partial charge in [-0.3, -0.25) is 9.69 Å². The summed E-state index contributed by atoms with van der Waals surface area (Å²) in [4.78, 5) is 13.6. The minimum Gasteiger partial charge on any atom is -0.481 e. The Morgan fingerprint density at radius 3 is 2.95 bits per heavy atom. The lowest BCUT2D eigenvalue weighted by Crippen LogP contribution is -2.46. The molecule has 19 heavy (non-hydrogen) atoms. The first-order valence-corrected chi connectivity index (χ1v) is 8.11. The maximum absolute atomic E-state index is 10.9. The van der Waals surface area contributed by atoms with Crippen molar-refractivity contribution in [3.8, 4) is 0 Å². The molecule has 1 saturated heterocycles. The van der Waals surface area contributed by atoms with E-state index in [1.165, 1.54) is 45.1 Å². The van der Waals surface area contributed by atoms with Crippen molar-refractivity contribution in [2.45, 2.75) is 57.9 Å². The third-order valence-corrected chi connectivity index (χ3v) is 5.81. The second-order valence-corrected chi connectivity index (χ2v) is 7.13. The fourth-order valence-corrected chi connectivity index (χ4v) is 4.58. The number of nitrogens with zero attached hydrogens (tertiary/aromatic N) is 1. The Bertz CT molecular complexity index is 344. The molecule has 0 amide bonds. The van der Waals surface area contributed by atoms with Crippen molar-refractivity contribution >= 4 is 5.97 Å². The number of likely N-dealkylation sites (tertiary alicyclic amines) is 1. The molecule has 3 aliphatic rings. The van der Waals surface area contributed by atoms with E-state index in [0.29, 0.717) is 18.3 Å². The molecule has 0 aromatic carbocycles. The number of carboxylic acids is 1. The molecule has 0 aromatic rings. The summed E-state index contributed by atoms with van der Waals surface area (Å²) in [6, 6.07) is 0.832. The molecule has 0 aromatic heterocycles. The Morgan fingerprint density at radius 2 is 2.16 bits per heavy atom. The highest BCUT2D eigenvalue weighted by Crippen LogP contribution is 2.51. The van der Waals surface area contributed by atoms with E-state index in [9.17, 15) is 4.79 Å². The van der Waals surface area contributed by atoms with E-state index in [1.807, 2.05) is 0 Å². The van der Waals surface area contributed by atoms with E-state index in [4.69, 9.17) is 5.11 Å². The second kappa shape index (κ2) is 5.43. The first-order valence-electron chi connectivity index (χ1n) is 8.11. The first kappa shape index (κ1) is 13.4. The van der Waals surface area contributed by atoms with Crippen molar-refractivity contribution in [2.75, 3.05) is 13.1 Å². The van der Waals surface area contributed by atoms with Gasteiger partial charge in [-0.05, 0) is 55.9 Å². The van der Waals surface area contributed by atoms with Crippen molar-refractivity contribution in [3.05, 3.63) is 0 Å². The molecule has 3 heteroatoms. The van der Waals surface area contributed by atoms with Crippen LogP contribution in [0.5, 0.6) is 0 Å². The van der Waals surface area contributed by atoms with Crippen LogP contribution < -0.4 is 0 Å². The summed E-state index contributed by atoms with van der Waals surface area (Å²) in [6.45, 7) is 4.54. The van der Waals surface area contributed by atoms with Crippen molar-refractivity contribution in [1.29, 1.82) is 0 Å². The van der Waals surface area contributed by atoms with Crippen molar-refractivity contribution in [1.82, 2.24) is 4.90 Å². The zero-order chi connectivity index (χ0) is 13.4. The summed E-state index contributed by atoms with van der Waals surface area (Å²) < 4.78 is 0. The predicted molar refractivity (Wildman–Crippen MR) is 74.9 cm³/mol. The predicted octanol–water partition coefficient (Wildman–Crippen LogP) is 3.00. The topological polar surface area (TPSA) is 40.5 Å². The molecule has 1 heterocycles. The van der Waals surface area contributed by atoms with Gasteiger partial charge < -0.3 is 5.11 Å². The lowest BCUT2D eigenvalue weighted by molar-refractivity contribution is -0.138. The minimum atomic E-state index is -0.635. The second-order valence-electron chi connectivity index (χ2n) is 7.13. The number of carboxylic acid groups (broad SMARTS) is 1. The van der Waals surface area contributed by atoms with Crippen LogP contribution in [0.25, 0.3) is 0 Å². The molecule has 0 spiro atoms. The van der Waals surface area contributed by atoms with Crippen LogP contribution in [0.3, 0.4) is 0 Å². The van der Waals surface area contributed by atoms with Crippen molar-refractivity contribution in [3.63, 3.8) is 0 Å². The number of piperidine rings is 1. The third-order valence-electron chi connectivity index (χ3n) is 5.81. The molecule has 0 bridgehead atoms. The van der Waals surface area contributed by atoms with E-state index >= 15 is 0 Å². The van der Waals surface area contributed by atoms with Gasteiger partial charge in [0.15, 0.2) is 0 Å². The summed E-state index contributed by atoms with van der Waals surface area (Å²) in [7, 11) is 0.